The van der Waals surface area contributed by atoms with Gasteiger partial charge in [0.1, 0.15) is 37.6 Å². The summed E-state index contributed by atoms with van der Waals surface area (Å²) in [5.41, 5.74) is -1.31. The lowest BCUT2D eigenvalue weighted by Crippen LogP contribution is -2.68. The zero-order valence-corrected chi connectivity index (χ0v) is 55.7. The van der Waals surface area contributed by atoms with Crippen molar-refractivity contribution in [2.24, 2.45) is 45.3 Å². The average Bonchev–Trinajstić information content (AvgIpc) is 1.45. The molecule has 9 aliphatic rings. The quantitative estimate of drug-likeness (QED) is 0.0807. The van der Waals surface area contributed by atoms with Crippen LogP contribution in [-0.4, -0.2) is 195 Å². The minimum absolute atomic E-state index is 0.0300. The highest BCUT2D eigenvalue weighted by Crippen LogP contribution is 2.80. The van der Waals surface area contributed by atoms with Crippen molar-refractivity contribution in [2.45, 2.75) is 272 Å². The minimum atomic E-state index is -1.94. The first-order valence-electron chi connectivity index (χ1n) is 32.0. The minimum Gasteiger partial charge on any atom is -0.463 e. The van der Waals surface area contributed by atoms with Gasteiger partial charge in [0.05, 0.1) is 31.0 Å². The summed E-state index contributed by atoms with van der Waals surface area (Å²) in [4.78, 5) is 116. The Morgan fingerprint density at radius 1 is 0.511 bits per heavy atom. The highest BCUT2D eigenvalue weighted by molar-refractivity contribution is 5.70. The molecule has 25 atom stereocenters. The number of ether oxygens (including phenoxy) is 17. The second-order valence-corrected chi connectivity index (χ2v) is 28.3. The fourth-order valence-corrected chi connectivity index (χ4v) is 18.4. The van der Waals surface area contributed by atoms with Gasteiger partial charge in [-0.25, -0.2) is 0 Å². The molecule has 5 aliphatic heterocycles. The van der Waals surface area contributed by atoms with E-state index in [0.717, 1.165) is 93.6 Å². The van der Waals surface area contributed by atoms with Crippen molar-refractivity contribution >= 4 is 53.7 Å². The van der Waals surface area contributed by atoms with Crippen LogP contribution in [0, 0.1) is 45.3 Å². The predicted molar refractivity (Wildman–Crippen MR) is 311 cm³/mol. The summed E-state index contributed by atoms with van der Waals surface area (Å²) in [5.74, 6) is -8.70. The molecule has 3 unspecified atom stereocenters. The molecule has 27 nitrogen and oxygen atoms in total. The maximum atomic E-state index is 13.3. The van der Waals surface area contributed by atoms with Gasteiger partial charge in [0.25, 0.3) is 0 Å². The first-order chi connectivity index (χ1) is 42.9. The van der Waals surface area contributed by atoms with Gasteiger partial charge >= 0.3 is 53.7 Å². The van der Waals surface area contributed by atoms with E-state index in [0.29, 0.717) is 32.3 Å². The Balaban J connectivity index is 1.12. The van der Waals surface area contributed by atoms with E-state index in [1.165, 1.54) is 0 Å². The highest BCUT2D eigenvalue weighted by Gasteiger charge is 2.81. The van der Waals surface area contributed by atoms with Crippen LogP contribution in [0.15, 0.2) is 11.6 Å². The molecule has 0 amide bonds. The lowest BCUT2D eigenvalue weighted by Gasteiger charge is -2.70. The van der Waals surface area contributed by atoms with Crippen LogP contribution in [0.25, 0.3) is 0 Å². The summed E-state index contributed by atoms with van der Waals surface area (Å²) >= 11 is 0. The first kappa shape index (κ1) is 70.9. The van der Waals surface area contributed by atoms with Crippen molar-refractivity contribution in [3.8, 4) is 0 Å². The molecule has 2 spiro atoms. The summed E-state index contributed by atoms with van der Waals surface area (Å²) in [6.07, 6.45) is -16.9. The van der Waals surface area contributed by atoms with Crippen molar-refractivity contribution in [1.82, 2.24) is 0 Å². The SMILES string of the molecule is CC(=O)OC[C@H]1O[C@@H](O[C@@H]2[C@H](O[C@H]3CC[C@@]4(C)C(CC[C@]5(C)[C@@H]4CCC4C6[C@]7(C[C@]45CO7)O[C@@H](C=C(C)C)C[C@]6(C)O)C3(C)C)OC[C@@H](OC(C)=O)[C@H]2O[C@@H]2O[C@H](COC(C)=O)[C@@H](OC(C)=O)[C@H](OC(C)=O)[C@H]2OC(C)=O)[C@H](OC(C)=O)[C@@H](OC(C)=O)[C@@H]1OC(C)=O. The Bertz CT molecular complexity index is 2850. The van der Waals surface area contributed by atoms with Gasteiger partial charge in [-0.15, -0.1) is 0 Å². The molecule has 92 heavy (non-hydrogen) atoms. The van der Waals surface area contributed by atoms with Crippen LogP contribution in [-0.2, 0) is 124 Å². The number of carbonyl (C=O) groups excluding carboxylic acids is 9. The molecular weight excluding hydrogens is 1210 g/mol. The number of hydrogen-bond donors (Lipinski definition) is 1. The average molecular weight is 1310 g/mol. The Labute approximate surface area is 536 Å². The van der Waals surface area contributed by atoms with Gasteiger partial charge in [0.2, 0.25) is 0 Å². The largest absolute Gasteiger partial charge is 0.463 e. The summed E-state index contributed by atoms with van der Waals surface area (Å²) in [5, 5.41) is 12.4. The molecule has 516 valence electrons. The van der Waals surface area contributed by atoms with E-state index >= 15 is 0 Å². The van der Waals surface area contributed by atoms with E-state index in [9.17, 15) is 48.3 Å². The third-order valence-corrected chi connectivity index (χ3v) is 21.2. The monoisotopic (exact) mass is 1310 g/mol. The maximum Gasteiger partial charge on any atom is 0.303 e. The summed E-state index contributed by atoms with van der Waals surface area (Å²) in [6.45, 7) is 23.6. The molecule has 9 fully saturated rings. The summed E-state index contributed by atoms with van der Waals surface area (Å²) in [7, 11) is 0. The summed E-state index contributed by atoms with van der Waals surface area (Å²) < 4.78 is 106. The third kappa shape index (κ3) is 13.9. The van der Waals surface area contributed by atoms with Crippen LogP contribution in [0.4, 0.5) is 0 Å². The fraction of sp³-hybridized carbons (Fsp3) is 0.831. The van der Waals surface area contributed by atoms with Gasteiger partial charge in [-0.1, -0.05) is 39.3 Å². The van der Waals surface area contributed by atoms with E-state index in [1.807, 2.05) is 20.8 Å². The number of esters is 9. The van der Waals surface area contributed by atoms with Crippen LogP contribution in [0.5, 0.6) is 0 Å². The van der Waals surface area contributed by atoms with Gasteiger partial charge in [-0.3, -0.25) is 43.2 Å². The number of hydrogen-bond acceptors (Lipinski definition) is 27. The summed E-state index contributed by atoms with van der Waals surface area (Å²) in [6, 6.07) is 0. The van der Waals surface area contributed by atoms with E-state index < -0.39 is 182 Å². The van der Waals surface area contributed by atoms with Crippen LogP contribution in [0.2, 0.25) is 0 Å². The van der Waals surface area contributed by atoms with Gasteiger partial charge in [-0.05, 0) is 93.3 Å². The number of rotatable bonds is 18. The van der Waals surface area contributed by atoms with Crippen molar-refractivity contribution in [2.75, 3.05) is 26.4 Å². The number of allylic oxidation sites excluding steroid dienone is 1. The van der Waals surface area contributed by atoms with Crippen molar-refractivity contribution in [1.29, 1.82) is 0 Å². The Morgan fingerprint density at radius 3 is 1.49 bits per heavy atom. The molecule has 2 bridgehead atoms. The number of fused-ring (bicyclic) bond motifs is 4. The lowest BCUT2D eigenvalue weighted by atomic mass is 9.35. The van der Waals surface area contributed by atoms with Crippen LogP contribution in [0.1, 0.15) is 162 Å². The molecule has 9 rings (SSSR count). The third-order valence-electron chi connectivity index (χ3n) is 21.2. The Hall–Kier alpha value is -5.39. The maximum absolute atomic E-state index is 13.3. The molecule has 0 aromatic heterocycles. The fourth-order valence-electron chi connectivity index (χ4n) is 18.4. The molecule has 5 saturated heterocycles. The van der Waals surface area contributed by atoms with Crippen molar-refractivity contribution in [3.63, 3.8) is 0 Å². The lowest BCUT2D eigenvalue weighted by molar-refractivity contribution is -0.390. The zero-order chi connectivity index (χ0) is 67.5. The number of aliphatic hydroxyl groups is 1. The first-order valence-corrected chi connectivity index (χ1v) is 32.0. The molecule has 0 aromatic rings. The molecule has 4 saturated carbocycles. The topological polar surface area (TPSA) is 331 Å². The zero-order valence-electron chi connectivity index (χ0n) is 55.7. The molecule has 1 N–H and O–H groups in total. The van der Waals surface area contributed by atoms with Gasteiger partial charge in [-0.2, -0.15) is 0 Å². The van der Waals surface area contributed by atoms with Gasteiger partial charge < -0.3 is 85.6 Å². The standard InChI is InChI=1S/C65H94O27/c1-30(2)23-40-24-63(16,75)56-41-17-18-46-61(14)21-20-47(60(12,13)45(61)19-22-62(46,15)64(41)28-65(56,92-40)79-29-64)89-57-53(91-59-55(86-39(11)74)52(84-37(9)72)49(82-35(7)70)44(88-59)26-77-32(4)67)50(42(27-78-57)80-33(5)68)90-58-54(85-38(10)73)51(83-36(8)71)48(81-34(6)69)43(87-58)25-76-31(3)66/h23,40-59,75H,17-22,24-29H2,1-16H3/t40-,41?,42+,43+,44+,45?,46+,47-,48+,49+,50+,51-,52-,53-,54+,55+,56?,57-,58-,59-,61-,62+,63-,64-,65-/m0/s1. The smallest absolute Gasteiger partial charge is 0.303 e. The Kier molecular flexibility index (Phi) is 20.8. The van der Waals surface area contributed by atoms with Crippen LogP contribution < -0.4 is 0 Å². The van der Waals surface area contributed by atoms with Crippen LogP contribution >= 0.6 is 0 Å². The second kappa shape index (κ2) is 27.0. The Morgan fingerprint density at radius 2 is 1.00 bits per heavy atom. The van der Waals surface area contributed by atoms with Gasteiger partial charge in [0.15, 0.2) is 67.4 Å². The van der Waals surface area contributed by atoms with Crippen molar-refractivity contribution < 1.29 is 129 Å². The molecule has 27 heteroatoms. The molecule has 0 aromatic carbocycles. The molecule has 0 radical (unpaired) electrons. The van der Waals surface area contributed by atoms with Crippen molar-refractivity contribution in [3.05, 3.63) is 11.6 Å². The highest BCUT2D eigenvalue weighted by atomic mass is 16.8. The van der Waals surface area contributed by atoms with E-state index in [-0.39, 0.29) is 46.0 Å². The van der Waals surface area contributed by atoms with E-state index in [2.05, 4.69) is 33.8 Å². The predicted octanol–water partition coefficient (Wildman–Crippen LogP) is 5.10. The molecule has 5 heterocycles. The normalized spacial score (nSPS) is 43.1. The van der Waals surface area contributed by atoms with Gasteiger partial charge in [0, 0.05) is 86.5 Å². The molecule has 4 aliphatic carbocycles. The van der Waals surface area contributed by atoms with Crippen LogP contribution in [0.3, 0.4) is 0 Å². The van der Waals surface area contributed by atoms with E-state index in [1.54, 1.807) is 0 Å². The van der Waals surface area contributed by atoms with E-state index in [4.69, 9.17) is 80.5 Å². The molecular formula is C65H94O27. The number of carbonyl (C=O) groups is 9. The second-order valence-electron chi connectivity index (χ2n) is 28.3.